The van der Waals surface area contributed by atoms with Crippen LogP contribution in [-0.2, 0) is 17.8 Å². The molecule has 0 saturated heterocycles. The molecule has 1 aliphatic heterocycles. The second-order valence-electron chi connectivity index (χ2n) is 6.67. The monoisotopic (exact) mass is 365 g/mol. The summed E-state index contributed by atoms with van der Waals surface area (Å²) in [4.78, 5) is 16.4. The minimum atomic E-state index is -0.476. The number of rotatable bonds is 5. The van der Waals surface area contributed by atoms with E-state index >= 15 is 0 Å². The van der Waals surface area contributed by atoms with Crippen LogP contribution in [0.15, 0.2) is 48.8 Å². The highest BCUT2D eigenvalue weighted by Gasteiger charge is 2.19. The minimum Gasteiger partial charge on any atom is -0.324 e. The van der Waals surface area contributed by atoms with Crippen LogP contribution in [0.5, 0.6) is 0 Å². The van der Waals surface area contributed by atoms with E-state index in [1.165, 1.54) is 23.5 Å². The number of carbonyl (C=O) groups excluding carboxylic acids is 1. The summed E-state index contributed by atoms with van der Waals surface area (Å²) in [5, 5.41) is 12.6. The van der Waals surface area contributed by atoms with Gasteiger partial charge in [0.25, 0.3) is 0 Å². The predicted molar refractivity (Wildman–Crippen MR) is 100 cm³/mol. The smallest absolute Gasteiger partial charge is 0.224 e. The summed E-state index contributed by atoms with van der Waals surface area (Å²) in [5.41, 5.74) is 3.45. The van der Waals surface area contributed by atoms with Crippen LogP contribution in [0.4, 0.5) is 10.1 Å². The molecule has 1 aliphatic rings. The Kier molecular flexibility index (Phi) is 4.93. The van der Waals surface area contributed by atoms with Gasteiger partial charge in [0.1, 0.15) is 12.1 Å². The Hall–Kier alpha value is -3.06. The van der Waals surface area contributed by atoms with Gasteiger partial charge in [0.05, 0.1) is 5.69 Å². The normalized spacial score (nSPS) is 16.0. The van der Waals surface area contributed by atoms with Crippen molar-refractivity contribution in [1.82, 2.24) is 20.5 Å². The quantitative estimate of drug-likeness (QED) is 0.649. The molecule has 2 aromatic carbocycles. The molecule has 1 amide bonds. The SMILES string of the molecule is O=C(CCC1Cc2ccccc2CN1)Nc1cc(-c2ncn[nH]2)ccc1F. The molecule has 0 bridgehead atoms. The van der Waals surface area contributed by atoms with E-state index in [-0.39, 0.29) is 17.6 Å². The number of aromatic nitrogens is 3. The van der Waals surface area contributed by atoms with Crippen molar-refractivity contribution in [3.05, 3.63) is 65.7 Å². The summed E-state index contributed by atoms with van der Waals surface area (Å²) in [6.45, 7) is 0.816. The number of hydrogen-bond acceptors (Lipinski definition) is 4. The van der Waals surface area contributed by atoms with E-state index in [4.69, 9.17) is 0 Å². The molecule has 3 aromatic rings. The van der Waals surface area contributed by atoms with Gasteiger partial charge in [0, 0.05) is 24.6 Å². The summed E-state index contributed by atoms with van der Waals surface area (Å²) in [6, 6.07) is 13.0. The topological polar surface area (TPSA) is 82.7 Å². The number of anilines is 1. The third-order valence-electron chi connectivity index (χ3n) is 4.81. The van der Waals surface area contributed by atoms with Gasteiger partial charge < -0.3 is 10.6 Å². The van der Waals surface area contributed by atoms with E-state index in [2.05, 4.69) is 37.9 Å². The van der Waals surface area contributed by atoms with E-state index in [9.17, 15) is 9.18 Å². The van der Waals surface area contributed by atoms with Gasteiger partial charge >= 0.3 is 0 Å². The molecule has 27 heavy (non-hydrogen) atoms. The van der Waals surface area contributed by atoms with Gasteiger partial charge in [-0.1, -0.05) is 24.3 Å². The number of aromatic amines is 1. The molecule has 1 aromatic heterocycles. The van der Waals surface area contributed by atoms with Crippen molar-refractivity contribution >= 4 is 11.6 Å². The first-order valence-corrected chi connectivity index (χ1v) is 8.94. The van der Waals surface area contributed by atoms with Crippen LogP contribution >= 0.6 is 0 Å². The van der Waals surface area contributed by atoms with Gasteiger partial charge in [-0.2, -0.15) is 5.10 Å². The summed E-state index contributed by atoms with van der Waals surface area (Å²) in [6.07, 6.45) is 3.31. The fraction of sp³-hybridized carbons (Fsp3) is 0.250. The Bertz CT molecular complexity index is 941. The summed E-state index contributed by atoms with van der Waals surface area (Å²) >= 11 is 0. The number of fused-ring (bicyclic) bond motifs is 1. The number of nitrogens with zero attached hydrogens (tertiary/aromatic N) is 2. The van der Waals surface area contributed by atoms with Crippen molar-refractivity contribution in [2.24, 2.45) is 0 Å². The standard InChI is InChI=1S/C20H20FN5O/c21-17-7-5-14(20-23-12-24-26-20)10-18(17)25-19(27)8-6-16-9-13-3-1-2-4-15(13)11-22-16/h1-5,7,10,12,16,22H,6,8-9,11H2,(H,25,27)(H,23,24,26). The van der Waals surface area contributed by atoms with Crippen molar-refractivity contribution in [2.75, 3.05) is 5.32 Å². The molecular formula is C20H20FN5O. The Morgan fingerprint density at radius 2 is 2.07 bits per heavy atom. The van der Waals surface area contributed by atoms with Gasteiger partial charge in [-0.05, 0) is 42.2 Å². The van der Waals surface area contributed by atoms with E-state index in [1.54, 1.807) is 12.1 Å². The summed E-state index contributed by atoms with van der Waals surface area (Å²) in [7, 11) is 0. The molecule has 0 fully saturated rings. The number of benzene rings is 2. The highest BCUT2D eigenvalue weighted by molar-refractivity contribution is 5.91. The molecular weight excluding hydrogens is 345 g/mol. The molecule has 0 aliphatic carbocycles. The predicted octanol–water partition coefficient (Wildman–Crippen LogP) is 3.04. The largest absolute Gasteiger partial charge is 0.324 e. The number of nitrogens with one attached hydrogen (secondary N) is 3. The molecule has 0 saturated carbocycles. The highest BCUT2D eigenvalue weighted by atomic mass is 19.1. The number of hydrogen-bond donors (Lipinski definition) is 3. The average molecular weight is 365 g/mol. The van der Waals surface area contributed by atoms with Crippen LogP contribution in [0.3, 0.4) is 0 Å². The zero-order valence-corrected chi connectivity index (χ0v) is 14.7. The van der Waals surface area contributed by atoms with Gasteiger partial charge in [-0.3, -0.25) is 9.89 Å². The van der Waals surface area contributed by atoms with Crippen LogP contribution in [-0.4, -0.2) is 27.1 Å². The molecule has 138 valence electrons. The second kappa shape index (κ2) is 7.67. The summed E-state index contributed by atoms with van der Waals surface area (Å²) < 4.78 is 14.1. The van der Waals surface area contributed by atoms with Gasteiger partial charge in [-0.15, -0.1) is 0 Å². The van der Waals surface area contributed by atoms with Crippen LogP contribution in [0, 0.1) is 5.82 Å². The lowest BCUT2D eigenvalue weighted by molar-refractivity contribution is -0.116. The molecule has 3 N–H and O–H groups in total. The van der Waals surface area contributed by atoms with Gasteiger partial charge in [0.15, 0.2) is 5.82 Å². The van der Waals surface area contributed by atoms with Crippen LogP contribution in [0.1, 0.15) is 24.0 Å². The Morgan fingerprint density at radius 1 is 1.22 bits per heavy atom. The van der Waals surface area contributed by atoms with Gasteiger partial charge in [-0.25, -0.2) is 9.37 Å². The lowest BCUT2D eigenvalue weighted by Crippen LogP contribution is -2.36. The lowest BCUT2D eigenvalue weighted by atomic mass is 9.93. The van der Waals surface area contributed by atoms with Crippen LogP contribution in [0.25, 0.3) is 11.4 Å². The average Bonchev–Trinajstić information content (AvgIpc) is 3.23. The number of halogens is 1. The maximum atomic E-state index is 14.1. The van der Waals surface area contributed by atoms with Crippen LogP contribution < -0.4 is 10.6 Å². The molecule has 1 atom stereocenters. The maximum absolute atomic E-state index is 14.1. The first-order chi connectivity index (χ1) is 13.2. The first kappa shape index (κ1) is 17.4. The molecule has 4 rings (SSSR count). The number of amides is 1. The molecule has 0 radical (unpaired) electrons. The molecule has 2 heterocycles. The number of H-pyrrole nitrogens is 1. The van der Waals surface area contributed by atoms with Crippen LogP contribution in [0.2, 0.25) is 0 Å². The van der Waals surface area contributed by atoms with Crippen molar-refractivity contribution in [2.45, 2.75) is 31.8 Å². The molecule has 0 spiro atoms. The first-order valence-electron chi connectivity index (χ1n) is 8.94. The fourth-order valence-corrected chi connectivity index (χ4v) is 3.36. The second-order valence-corrected chi connectivity index (χ2v) is 6.67. The molecule has 1 unspecified atom stereocenters. The van der Waals surface area contributed by atoms with E-state index in [0.29, 0.717) is 24.2 Å². The maximum Gasteiger partial charge on any atom is 0.224 e. The van der Waals surface area contributed by atoms with E-state index in [0.717, 1.165) is 13.0 Å². The van der Waals surface area contributed by atoms with Crippen molar-refractivity contribution in [3.63, 3.8) is 0 Å². The van der Waals surface area contributed by atoms with Crippen molar-refractivity contribution in [3.8, 4) is 11.4 Å². The zero-order chi connectivity index (χ0) is 18.6. The number of carbonyl (C=O) groups is 1. The minimum absolute atomic E-state index is 0.149. The molecule has 7 heteroatoms. The van der Waals surface area contributed by atoms with Crippen molar-refractivity contribution < 1.29 is 9.18 Å². The van der Waals surface area contributed by atoms with E-state index in [1.807, 2.05) is 12.1 Å². The lowest BCUT2D eigenvalue weighted by Gasteiger charge is -2.26. The summed E-state index contributed by atoms with van der Waals surface area (Å²) in [5.74, 6) is -0.156. The fourth-order valence-electron chi connectivity index (χ4n) is 3.36. The zero-order valence-electron chi connectivity index (χ0n) is 14.7. The Morgan fingerprint density at radius 3 is 2.89 bits per heavy atom. The Labute approximate surface area is 156 Å². The van der Waals surface area contributed by atoms with Gasteiger partial charge in [0.2, 0.25) is 5.91 Å². The van der Waals surface area contributed by atoms with E-state index < -0.39 is 5.82 Å². The highest BCUT2D eigenvalue weighted by Crippen LogP contribution is 2.23. The molecule has 6 nitrogen and oxygen atoms in total. The third-order valence-corrected chi connectivity index (χ3v) is 4.81. The third kappa shape index (κ3) is 4.03. The Balaban J connectivity index is 1.35. The van der Waals surface area contributed by atoms with Crippen molar-refractivity contribution in [1.29, 1.82) is 0 Å².